The normalized spacial score (nSPS) is 9.20. The summed E-state index contributed by atoms with van der Waals surface area (Å²) in [5, 5.41) is 13.7. The molecular formula is C9H20N4S2. The monoisotopic (exact) mass is 248 g/mol. The molecule has 88 valence electrons. The fourth-order valence-electron chi connectivity index (χ4n) is 0.938. The predicted molar refractivity (Wildman–Crippen MR) is 73.2 cm³/mol. The van der Waals surface area contributed by atoms with E-state index < -0.39 is 0 Å². The zero-order chi connectivity index (χ0) is 11.5. The van der Waals surface area contributed by atoms with E-state index in [0.717, 1.165) is 32.6 Å². The molecule has 6 heteroatoms. The minimum absolute atomic E-state index is 0.715. The summed E-state index contributed by atoms with van der Waals surface area (Å²) < 4.78 is 0. The van der Waals surface area contributed by atoms with Crippen molar-refractivity contribution < 1.29 is 0 Å². The van der Waals surface area contributed by atoms with Gasteiger partial charge in [-0.1, -0.05) is 0 Å². The third-order valence-corrected chi connectivity index (χ3v) is 2.18. The van der Waals surface area contributed by atoms with Crippen LogP contribution in [0.15, 0.2) is 0 Å². The van der Waals surface area contributed by atoms with Gasteiger partial charge in [0.15, 0.2) is 10.2 Å². The summed E-state index contributed by atoms with van der Waals surface area (Å²) >= 11 is 10.0. The van der Waals surface area contributed by atoms with Gasteiger partial charge in [-0.3, -0.25) is 0 Å². The molecule has 0 aliphatic rings. The highest BCUT2D eigenvalue weighted by atomic mass is 32.1. The van der Waals surface area contributed by atoms with E-state index in [1.54, 1.807) is 0 Å². The Hall–Kier alpha value is -0.620. The van der Waals surface area contributed by atoms with Crippen molar-refractivity contribution in [2.24, 2.45) is 0 Å². The molecule has 0 aliphatic heterocycles. The van der Waals surface area contributed by atoms with Gasteiger partial charge in [0, 0.05) is 26.2 Å². The Morgan fingerprint density at radius 3 is 1.53 bits per heavy atom. The van der Waals surface area contributed by atoms with Crippen LogP contribution in [-0.2, 0) is 0 Å². The lowest BCUT2D eigenvalue weighted by Gasteiger charge is -2.10. The number of hydrogen-bond donors (Lipinski definition) is 4. The summed E-state index contributed by atoms with van der Waals surface area (Å²) in [6, 6.07) is 0. The maximum absolute atomic E-state index is 5.02. The number of hydrogen-bond acceptors (Lipinski definition) is 2. The molecule has 0 atom stereocenters. The smallest absolute Gasteiger partial charge is 0.166 e. The van der Waals surface area contributed by atoms with Gasteiger partial charge in [-0.2, -0.15) is 0 Å². The molecule has 0 spiro atoms. The highest BCUT2D eigenvalue weighted by Gasteiger charge is 1.93. The van der Waals surface area contributed by atoms with E-state index in [4.69, 9.17) is 24.4 Å². The lowest BCUT2D eigenvalue weighted by atomic mass is 10.4. The van der Waals surface area contributed by atoms with Crippen LogP contribution in [-0.4, -0.2) is 36.4 Å². The van der Waals surface area contributed by atoms with Crippen molar-refractivity contribution >= 4 is 34.7 Å². The van der Waals surface area contributed by atoms with E-state index >= 15 is 0 Å². The van der Waals surface area contributed by atoms with Crippen LogP contribution in [0.1, 0.15) is 20.3 Å². The minimum Gasteiger partial charge on any atom is -0.363 e. The average Bonchev–Trinajstić information content (AvgIpc) is 2.18. The summed E-state index contributed by atoms with van der Waals surface area (Å²) in [4.78, 5) is 0. The maximum atomic E-state index is 5.02. The molecule has 4 N–H and O–H groups in total. The molecule has 0 saturated heterocycles. The summed E-state index contributed by atoms with van der Waals surface area (Å²) in [6.07, 6.45) is 0.983. The van der Waals surface area contributed by atoms with E-state index in [1.807, 2.05) is 13.8 Å². The van der Waals surface area contributed by atoms with Crippen LogP contribution in [0.25, 0.3) is 0 Å². The first kappa shape index (κ1) is 14.4. The second-order valence-corrected chi connectivity index (χ2v) is 3.74. The molecule has 0 aromatic rings. The van der Waals surface area contributed by atoms with Crippen LogP contribution in [0.2, 0.25) is 0 Å². The van der Waals surface area contributed by atoms with Crippen LogP contribution >= 0.6 is 24.4 Å². The summed E-state index contributed by atoms with van der Waals surface area (Å²) in [5.74, 6) is 0. The molecule has 0 amide bonds. The standard InChI is InChI=1S/C9H20N4S2/c1-3-10-8(14)12-6-5-7-13-9(15)11-4-2/h3-7H2,1-2H3,(H2,10,12,14)(H2,11,13,15). The zero-order valence-corrected chi connectivity index (χ0v) is 11.0. The quantitative estimate of drug-likeness (QED) is 0.402. The summed E-state index contributed by atoms with van der Waals surface area (Å²) in [6.45, 7) is 7.46. The predicted octanol–water partition coefficient (Wildman–Crippen LogP) is 0.345. The van der Waals surface area contributed by atoms with Gasteiger partial charge in [0.05, 0.1) is 0 Å². The highest BCUT2D eigenvalue weighted by molar-refractivity contribution is 7.80. The van der Waals surface area contributed by atoms with Gasteiger partial charge >= 0.3 is 0 Å². The average molecular weight is 248 g/mol. The first-order chi connectivity index (χ1) is 7.20. The third-order valence-electron chi connectivity index (χ3n) is 1.60. The number of rotatable bonds is 6. The van der Waals surface area contributed by atoms with Crippen LogP contribution in [0, 0.1) is 0 Å². The number of thiocarbonyl (C=S) groups is 2. The second-order valence-electron chi connectivity index (χ2n) is 2.93. The fourth-order valence-corrected chi connectivity index (χ4v) is 1.43. The van der Waals surface area contributed by atoms with Crippen LogP contribution in [0.4, 0.5) is 0 Å². The first-order valence-corrected chi connectivity index (χ1v) is 6.05. The molecule has 0 radical (unpaired) electrons. The Balaban J connectivity index is 3.24. The van der Waals surface area contributed by atoms with Crippen LogP contribution in [0.5, 0.6) is 0 Å². The fraction of sp³-hybridized carbons (Fsp3) is 0.778. The van der Waals surface area contributed by atoms with Gasteiger partial charge in [0.2, 0.25) is 0 Å². The number of nitrogens with one attached hydrogen (secondary N) is 4. The van der Waals surface area contributed by atoms with Gasteiger partial charge < -0.3 is 21.3 Å². The van der Waals surface area contributed by atoms with Crippen molar-refractivity contribution in [3.63, 3.8) is 0 Å². The zero-order valence-electron chi connectivity index (χ0n) is 9.35. The molecular weight excluding hydrogens is 228 g/mol. The Kier molecular flexibility index (Phi) is 9.51. The van der Waals surface area contributed by atoms with Gasteiger partial charge in [-0.15, -0.1) is 0 Å². The SMILES string of the molecule is CCNC(=S)NCCCNC(=S)NCC. The highest BCUT2D eigenvalue weighted by Crippen LogP contribution is 1.75. The van der Waals surface area contributed by atoms with Crippen molar-refractivity contribution in [3.05, 3.63) is 0 Å². The molecule has 0 aromatic heterocycles. The van der Waals surface area contributed by atoms with E-state index in [2.05, 4.69) is 21.3 Å². The molecule has 0 rings (SSSR count). The lowest BCUT2D eigenvalue weighted by Crippen LogP contribution is -2.38. The molecule has 0 saturated carbocycles. The molecule has 0 heterocycles. The van der Waals surface area contributed by atoms with Crippen molar-refractivity contribution in [2.75, 3.05) is 26.2 Å². The van der Waals surface area contributed by atoms with Gasteiger partial charge in [-0.25, -0.2) is 0 Å². The summed E-state index contributed by atoms with van der Waals surface area (Å²) in [7, 11) is 0. The summed E-state index contributed by atoms with van der Waals surface area (Å²) in [5.41, 5.74) is 0. The van der Waals surface area contributed by atoms with E-state index in [1.165, 1.54) is 0 Å². The molecule has 15 heavy (non-hydrogen) atoms. The lowest BCUT2D eigenvalue weighted by molar-refractivity contribution is 0.725. The van der Waals surface area contributed by atoms with Gasteiger partial charge in [-0.05, 0) is 44.7 Å². The Bertz CT molecular complexity index is 177. The Morgan fingerprint density at radius 1 is 0.800 bits per heavy atom. The third kappa shape index (κ3) is 9.68. The van der Waals surface area contributed by atoms with Crippen molar-refractivity contribution in [2.45, 2.75) is 20.3 Å². The van der Waals surface area contributed by atoms with E-state index in [9.17, 15) is 0 Å². The van der Waals surface area contributed by atoms with Crippen molar-refractivity contribution in [1.29, 1.82) is 0 Å². The van der Waals surface area contributed by atoms with Crippen LogP contribution in [0.3, 0.4) is 0 Å². The van der Waals surface area contributed by atoms with Crippen molar-refractivity contribution in [1.82, 2.24) is 21.3 Å². The van der Waals surface area contributed by atoms with E-state index in [0.29, 0.717) is 10.2 Å². The largest absolute Gasteiger partial charge is 0.363 e. The van der Waals surface area contributed by atoms with Crippen LogP contribution < -0.4 is 21.3 Å². The molecule has 4 nitrogen and oxygen atoms in total. The molecule has 0 unspecified atom stereocenters. The topological polar surface area (TPSA) is 48.1 Å². The molecule has 0 aromatic carbocycles. The second kappa shape index (κ2) is 9.92. The molecule has 0 bridgehead atoms. The van der Waals surface area contributed by atoms with Gasteiger partial charge in [0.1, 0.15) is 0 Å². The van der Waals surface area contributed by atoms with E-state index in [-0.39, 0.29) is 0 Å². The minimum atomic E-state index is 0.715. The Labute approximate surface area is 103 Å². The Morgan fingerprint density at radius 2 is 1.20 bits per heavy atom. The molecule has 0 fully saturated rings. The maximum Gasteiger partial charge on any atom is 0.166 e. The van der Waals surface area contributed by atoms with Gasteiger partial charge in [0.25, 0.3) is 0 Å². The molecule has 0 aliphatic carbocycles. The van der Waals surface area contributed by atoms with Crippen molar-refractivity contribution in [3.8, 4) is 0 Å². The first-order valence-electron chi connectivity index (χ1n) is 5.24.